The smallest absolute Gasteiger partial charge is 0.289 e. The summed E-state index contributed by atoms with van der Waals surface area (Å²) >= 11 is 3.21. The number of nitrogens with zero attached hydrogens (tertiary/aromatic N) is 3. The van der Waals surface area contributed by atoms with Crippen molar-refractivity contribution in [3.05, 3.63) is 22.6 Å². The molecule has 7 heteroatoms. The Kier molecular flexibility index (Phi) is 4.83. The molecule has 2 amide bonds. The number of furan rings is 1. The number of amides is 2. The summed E-state index contributed by atoms with van der Waals surface area (Å²) in [5.41, 5.74) is 0. The van der Waals surface area contributed by atoms with Crippen LogP contribution in [-0.2, 0) is 4.79 Å². The number of hydrogen-bond donors (Lipinski definition) is 0. The highest BCUT2D eigenvalue weighted by Gasteiger charge is 2.26. The highest BCUT2D eigenvalue weighted by atomic mass is 79.9. The van der Waals surface area contributed by atoms with Crippen molar-refractivity contribution in [2.45, 2.75) is 12.8 Å². The van der Waals surface area contributed by atoms with Crippen LogP contribution in [0, 0.1) is 0 Å². The van der Waals surface area contributed by atoms with Crippen molar-refractivity contribution in [3.8, 4) is 0 Å². The van der Waals surface area contributed by atoms with Gasteiger partial charge in [0.05, 0.1) is 6.54 Å². The average Bonchev–Trinajstić information content (AvgIpc) is 3.18. The van der Waals surface area contributed by atoms with Crippen molar-refractivity contribution in [2.75, 3.05) is 45.8 Å². The van der Waals surface area contributed by atoms with Gasteiger partial charge in [-0.25, -0.2) is 0 Å². The molecule has 0 aromatic carbocycles. The van der Waals surface area contributed by atoms with Crippen LogP contribution in [0.25, 0.3) is 0 Å². The third kappa shape index (κ3) is 3.52. The van der Waals surface area contributed by atoms with Crippen LogP contribution < -0.4 is 0 Å². The first kappa shape index (κ1) is 15.6. The van der Waals surface area contributed by atoms with Crippen LogP contribution in [-0.4, -0.2) is 72.3 Å². The summed E-state index contributed by atoms with van der Waals surface area (Å²) in [5, 5.41) is 0. The first-order valence-corrected chi connectivity index (χ1v) is 8.47. The number of halogens is 1. The second-order valence-corrected chi connectivity index (χ2v) is 6.54. The van der Waals surface area contributed by atoms with E-state index in [-0.39, 0.29) is 11.8 Å². The monoisotopic (exact) mass is 369 g/mol. The van der Waals surface area contributed by atoms with Gasteiger partial charge in [-0.1, -0.05) is 0 Å². The van der Waals surface area contributed by atoms with Gasteiger partial charge in [0.2, 0.25) is 5.91 Å². The van der Waals surface area contributed by atoms with Crippen molar-refractivity contribution in [3.63, 3.8) is 0 Å². The first-order chi connectivity index (χ1) is 10.6. The third-order valence-corrected chi connectivity index (χ3v) is 4.69. The highest BCUT2D eigenvalue weighted by molar-refractivity contribution is 9.10. The maximum atomic E-state index is 12.3. The van der Waals surface area contributed by atoms with E-state index in [1.54, 1.807) is 17.0 Å². The van der Waals surface area contributed by atoms with E-state index in [0.29, 0.717) is 30.1 Å². The molecule has 6 nitrogen and oxygen atoms in total. The number of rotatable bonds is 3. The van der Waals surface area contributed by atoms with Crippen molar-refractivity contribution in [1.82, 2.24) is 14.7 Å². The molecule has 2 saturated heterocycles. The minimum atomic E-state index is -0.0868. The summed E-state index contributed by atoms with van der Waals surface area (Å²) in [7, 11) is 0. The van der Waals surface area contributed by atoms with E-state index in [0.717, 1.165) is 39.0 Å². The van der Waals surface area contributed by atoms with Gasteiger partial charge < -0.3 is 14.2 Å². The van der Waals surface area contributed by atoms with Crippen molar-refractivity contribution in [2.24, 2.45) is 0 Å². The lowest BCUT2D eigenvalue weighted by Crippen LogP contribution is -2.51. The average molecular weight is 370 g/mol. The molecule has 2 aliphatic heterocycles. The van der Waals surface area contributed by atoms with E-state index >= 15 is 0 Å². The zero-order valence-electron chi connectivity index (χ0n) is 12.5. The minimum absolute atomic E-state index is 0.0868. The van der Waals surface area contributed by atoms with E-state index < -0.39 is 0 Å². The Balaban J connectivity index is 1.47. The summed E-state index contributed by atoms with van der Waals surface area (Å²) in [6, 6.07) is 3.40. The number of likely N-dealkylation sites (tertiary alicyclic amines) is 1. The van der Waals surface area contributed by atoms with Gasteiger partial charge in [-0.05, 0) is 40.9 Å². The van der Waals surface area contributed by atoms with Crippen LogP contribution in [0.15, 0.2) is 21.2 Å². The van der Waals surface area contributed by atoms with Crippen LogP contribution in [0.4, 0.5) is 0 Å². The van der Waals surface area contributed by atoms with Gasteiger partial charge >= 0.3 is 0 Å². The molecule has 2 aliphatic rings. The number of hydrogen-bond acceptors (Lipinski definition) is 4. The highest BCUT2D eigenvalue weighted by Crippen LogP contribution is 2.17. The van der Waals surface area contributed by atoms with Crippen LogP contribution in [0.1, 0.15) is 23.4 Å². The molecule has 0 aliphatic carbocycles. The second-order valence-electron chi connectivity index (χ2n) is 5.76. The number of piperazine rings is 1. The Bertz CT molecular complexity index is 546. The molecule has 0 radical (unpaired) electrons. The Morgan fingerprint density at radius 2 is 1.68 bits per heavy atom. The van der Waals surface area contributed by atoms with Gasteiger partial charge in [0.1, 0.15) is 0 Å². The Morgan fingerprint density at radius 3 is 2.27 bits per heavy atom. The molecule has 0 atom stereocenters. The molecule has 0 bridgehead atoms. The van der Waals surface area contributed by atoms with Crippen LogP contribution >= 0.6 is 15.9 Å². The summed E-state index contributed by atoms with van der Waals surface area (Å²) in [6.07, 6.45) is 2.24. The van der Waals surface area contributed by atoms with Gasteiger partial charge in [0, 0.05) is 39.3 Å². The topological polar surface area (TPSA) is 57.0 Å². The quantitative estimate of drug-likeness (QED) is 0.808. The molecular weight excluding hydrogens is 350 g/mol. The molecular formula is C15H20BrN3O3. The van der Waals surface area contributed by atoms with Gasteiger partial charge in [-0.2, -0.15) is 0 Å². The van der Waals surface area contributed by atoms with Crippen LogP contribution in [0.3, 0.4) is 0 Å². The van der Waals surface area contributed by atoms with Crippen molar-refractivity contribution in [1.29, 1.82) is 0 Å². The molecule has 3 heterocycles. The maximum absolute atomic E-state index is 12.3. The Labute approximate surface area is 138 Å². The predicted molar refractivity (Wildman–Crippen MR) is 84.6 cm³/mol. The molecule has 0 N–H and O–H groups in total. The predicted octanol–water partition coefficient (Wildman–Crippen LogP) is 1.42. The fourth-order valence-corrected chi connectivity index (χ4v) is 3.26. The lowest BCUT2D eigenvalue weighted by Gasteiger charge is -2.34. The van der Waals surface area contributed by atoms with Crippen LogP contribution in [0.5, 0.6) is 0 Å². The maximum Gasteiger partial charge on any atom is 0.289 e. The second kappa shape index (κ2) is 6.83. The van der Waals surface area contributed by atoms with E-state index in [1.165, 1.54) is 0 Å². The Morgan fingerprint density at radius 1 is 1.00 bits per heavy atom. The summed E-state index contributed by atoms with van der Waals surface area (Å²) in [4.78, 5) is 30.3. The SMILES string of the molecule is O=C(CN1CCN(C(=O)c2ccc(Br)o2)CC1)N1CCCC1. The van der Waals surface area contributed by atoms with Gasteiger partial charge in [0.25, 0.3) is 5.91 Å². The number of carbonyl (C=O) groups excluding carboxylic acids is 2. The summed E-state index contributed by atoms with van der Waals surface area (Å²) in [6.45, 7) is 4.97. The zero-order chi connectivity index (χ0) is 15.5. The number of carbonyl (C=O) groups is 2. The summed E-state index contributed by atoms with van der Waals surface area (Å²) in [5.74, 6) is 0.483. The molecule has 0 unspecified atom stereocenters. The van der Waals surface area contributed by atoms with Crippen molar-refractivity contribution < 1.29 is 14.0 Å². The largest absolute Gasteiger partial charge is 0.444 e. The van der Waals surface area contributed by atoms with Gasteiger partial charge in [0.15, 0.2) is 10.4 Å². The van der Waals surface area contributed by atoms with E-state index in [2.05, 4.69) is 20.8 Å². The van der Waals surface area contributed by atoms with E-state index in [1.807, 2.05) is 4.90 Å². The molecule has 120 valence electrons. The van der Waals surface area contributed by atoms with Crippen molar-refractivity contribution >= 4 is 27.7 Å². The fraction of sp³-hybridized carbons (Fsp3) is 0.600. The molecule has 0 saturated carbocycles. The fourth-order valence-electron chi connectivity index (χ4n) is 2.95. The minimum Gasteiger partial charge on any atom is -0.444 e. The standard InChI is InChI=1S/C15H20BrN3O3/c16-13-4-3-12(22-13)15(21)19-9-7-17(8-10-19)11-14(20)18-5-1-2-6-18/h3-4H,1-2,5-11H2. The molecule has 0 spiro atoms. The lowest BCUT2D eigenvalue weighted by atomic mass is 10.2. The first-order valence-electron chi connectivity index (χ1n) is 7.68. The Hall–Kier alpha value is -1.34. The zero-order valence-corrected chi connectivity index (χ0v) is 14.0. The molecule has 22 heavy (non-hydrogen) atoms. The molecule has 1 aromatic rings. The molecule has 1 aromatic heterocycles. The molecule has 2 fully saturated rings. The lowest BCUT2D eigenvalue weighted by molar-refractivity contribution is -0.131. The third-order valence-electron chi connectivity index (χ3n) is 4.26. The van der Waals surface area contributed by atoms with Gasteiger partial charge in [-0.3, -0.25) is 14.5 Å². The van der Waals surface area contributed by atoms with Gasteiger partial charge in [-0.15, -0.1) is 0 Å². The normalized spacial score (nSPS) is 19.7. The summed E-state index contributed by atoms with van der Waals surface area (Å²) < 4.78 is 5.87. The van der Waals surface area contributed by atoms with Crippen LogP contribution in [0.2, 0.25) is 0 Å². The van der Waals surface area contributed by atoms with E-state index in [4.69, 9.17) is 4.42 Å². The molecule has 3 rings (SSSR count). The van der Waals surface area contributed by atoms with E-state index in [9.17, 15) is 9.59 Å².